The zero-order chi connectivity index (χ0) is 13.9. The van der Waals surface area contributed by atoms with Gasteiger partial charge in [-0.1, -0.05) is 49.5 Å². The van der Waals surface area contributed by atoms with Gasteiger partial charge in [-0.05, 0) is 48.8 Å². The van der Waals surface area contributed by atoms with Crippen LogP contribution in [0, 0.1) is 5.41 Å². The van der Waals surface area contributed by atoms with Crippen molar-refractivity contribution < 1.29 is 0 Å². The molecule has 106 valence electrons. The van der Waals surface area contributed by atoms with E-state index < -0.39 is 0 Å². The fourth-order valence-corrected chi connectivity index (χ4v) is 3.36. The first kappa shape index (κ1) is 15.2. The van der Waals surface area contributed by atoms with E-state index in [1.54, 1.807) is 0 Å². The fourth-order valence-electron chi connectivity index (χ4n) is 2.82. The summed E-state index contributed by atoms with van der Waals surface area (Å²) in [5.41, 5.74) is 1.74. The van der Waals surface area contributed by atoms with E-state index in [1.807, 2.05) is 18.2 Å². The second-order valence-electron chi connectivity index (χ2n) is 5.76. The van der Waals surface area contributed by atoms with Crippen molar-refractivity contribution in [2.24, 2.45) is 5.41 Å². The van der Waals surface area contributed by atoms with Crippen molar-refractivity contribution in [2.75, 3.05) is 6.54 Å². The lowest BCUT2D eigenvalue weighted by Gasteiger charge is -2.23. The monoisotopic (exact) mass is 299 g/mol. The minimum Gasteiger partial charge on any atom is -0.309 e. The molecule has 19 heavy (non-hydrogen) atoms. The minimum absolute atomic E-state index is 0.332. The van der Waals surface area contributed by atoms with E-state index in [1.165, 1.54) is 31.2 Å². The van der Waals surface area contributed by atoms with Gasteiger partial charge < -0.3 is 5.32 Å². The lowest BCUT2D eigenvalue weighted by atomic mass is 9.98. The molecule has 1 aromatic rings. The third-order valence-corrected chi connectivity index (χ3v) is 4.77. The highest BCUT2D eigenvalue weighted by Crippen LogP contribution is 2.49. The SMILES string of the molecule is CCCC1(CNC(CC)c2ccc(Cl)cc2Cl)CC1. The van der Waals surface area contributed by atoms with Crippen LogP contribution in [-0.2, 0) is 0 Å². The number of hydrogen-bond donors (Lipinski definition) is 1. The first-order chi connectivity index (χ1) is 9.10. The Kier molecular flexibility index (Phi) is 5.16. The average Bonchev–Trinajstić information content (AvgIpc) is 3.13. The average molecular weight is 300 g/mol. The number of hydrogen-bond acceptors (Lipinski definition) is 1. The Labute approximate surface area is 126 Å². The summed E-state index contributed by atoms with van der Waals surface area (Å²) < 4.78 is 0. The molecule has 0 heterocycles. The van der Waals surface area contributed by atoms with Crippen LogP contribution in [0.3, 0.4) is 0 Å². The topological polar surface area (TPSA) is 12.0 Å². The standard InChI is InChI=1S/C16H23Cl2N/c1-3-7-16(8-9-16)11-19-15(4-2)13-6-5-12(17)10-14(13)18/h5-6,10,15,19H,3-4,7-9,11H2,1-2H3. The van der Waals surface area contributed by atoms with Crippen LogP contribution in [0.25, 0.3) is 0 Å². The van der Waals surface area contributed by atoms with Gasteiger partial charge in [0.1, 0.15) is 0 Å². The minimum atomic E-state index is 0.332. The summed E-state index contributed by atoms with van der Waals surface area (Å²) in [6, 6.07) is 6.14. The molecule has 1 aliphatic carbocycles. The van der Waals surface area contributed by atoms with E-state index in [4.69, 9.17) is 23.2 Å². The fraction of sp³-hybridized carbons (Fsp3) is 0.625. The Morgan fingerprint density at radius 3 is 2.53 bits per heavy atom. The van der Waals surface area contributed by atoms with Crippen molar-refractivity contribution in [3.05, 3.63) is 33.8 Å². The maximum atomic E-state index is 6.31. The van der Waals surface area contributed by atoms with Gasteiger partial charge in [0.05, 0.1) is 0 Å². The molecule has 2 rings (SSSR count). The van der Waals surface area contributed by atoms with E-state index >= 15 is 0 Å². The predicted molar refractivity (Wildman–Crippen MR) is 84.1 cm³/mol. The highest BCUT2D eigenvalue weighted by molar-refractivity contribution is 6.35. The van der Waals surface area contributed by atoms with Crippen molar-refractivity contribution >= 4 is 23.2 Å². The molecule has 0 aliphatic heterocycles. The summed E-state index contributed by atoms with van der Waals surface area (Å²) in [5.74, 6) is 0. The van der Waals surface area contributed by atoms with Gasteiger partial charge in [-0.25, -0.2) is 0 Å². The number of rotatable bonds is 7. The summed E-state index contributed by atoms with van der Waals surface area (Å²) in [6.07, 6.45) is 6.41. The summed E-state index contributed by atoms with van der Waals surface area (Å²) in [6.45, 7) is 5.58. The molecule has 1 aromatic carbocycles. The van der Waals surface area contributed by atoms with Crippen molar-refractivity contribution in [1.82, 2.24) is 5.32 Å². The molecule has 0 aromatic heterocycles. The third kappa shape index (κ3) is 3.87. The van der Waals surface area contributed by atoms with E-state index in [9.17, 15) is 0 Å². The summed E-state index contributed by atoms with van der Waals surface area (Å²) in [4.78, 5) is 0. The van der Waals surface area contributed by atoms with Gasteiger partial charge in [0.25, 0.3) is 0 Å². The summed E-state index contributed by atoms with van der Waals surface area (Å²) in [5, 5.41) is 5.18. The van der Waals surface area contributed by atoms with Crippen LogP contribution in [0.1, 0.15) is 57.6 Å². The molecule has 1 aliphatic rings. The Morgan fingerprint density at radius 1 is 1.26 bits per heavy atom. The molecule has 1 fully saturated rings. The molecule has 0 radical (unpaired) electrons. The molecule has 1 nitrogen and oxygen atoms in total. The summed E-state index contributed by atoms with van der Waals surface area (Å²) in [7, 11) is 0. The van der Waals surface area contributed by atoms with Crippen LogP contribution in [-0.4, -0.2) is 6.54 Å². The smallest absolute Gasteiger partial charge is 0.0468 e. The van der Waals surface area contributed by atoms with E-state index in [2.05, 4.69) is 19.2 Å². The zero-order valence-corrected chi connectivity index (χ0v) is 13.3. The van der Waals surface area contributed by atoms with Gasteiger partial charge in [0, 0.05) is 22.6 Å². The third-order valence-electron chi connectivity index (χ3n) is 4.21. The Hall–Kier alpha value is -0.240. The first-order valence-corrected chi connectivity index (χ1v) is 8.04. The predicted octanol–water partition coefficient (Wildman–Crippen LogP) is 5.61. The van der Waals surface area contributed by atoms with Crippen LogP contribution in [0.4, 0.5) is 0 Å². The number of nitrogens with one attached hydrogen (secondary N) is 1. The molecule has 0 spiro atoms. The molecule has 1 unspecified atom stereocenters. The van der Waals surface area contributed by atoms with Gasteiger partial charge in [-0.2, -0.15) is 0 Å². The van der Waals surface area contributed by atoms with Gasteiger partial charge in [0.15, 0.2) is 0 Å². The first-order valence-electron chi connectivity index (χ1n) is 7.28. The molecule has 0 saturated heterocycles. The molecular formula is C16H23Cl2N. The molecular weight excluding hydrogens is 277 g/mol. The lowest BCUT2D eigenvalue weighted by Crippen LogP contribution is -2.28. The highest BCUT2D eigenvalue weighted by atomic mass is 35.5. The zero-order valence-electron chi connectivity index (χ0n) is 11.8. The van der Waals surface area contributed by atoms with Crippen LogP contribution in [0.2, 0.25) is 10.0 Å². The number of halogens is 2. The van der Waals surface area contributed by atoms with Crippen LogP contribution >= 0.6 is 23.2 Å². The van der Waals surface area contributed by atoms with Gasteiger partial charge in [0.2, 0.25) is 0 Å². The molecule has 3 heteroatoms. The van der Waals surface area contributed by atoms with Gasteiger partial charge in [-0.3, -0.25) is 0 Å². The Balaban J connectivity index is 2.00. The van der Waals surface area contributed by atoms with E-state index in [-0.39, 0.29) is 0 Å². The maximum absolute atomic E-state index is 6.31. The van der Waals surface area contributed by atoms with Crippen LogP contribution in [0.15, 0.2) is 18.2 Å². The molecule has 1 N–H and O–H groups in total. The Morgan fingerprint density at radius 2 is 2.00 bits per heavy atom. The van der Waals surface area contributed by atoms with Gasteiger partial charge in [-0.15, -0.1) is 0 Å². The van der Waals surface area contributed by atoms with Crippen LogP contribution in [0.5, 0.6) is 0 Å². The molecule has 0 bridgehead atoms. The summed E-state index contributed by atoms with van der Waals surface area (Å²) >= 11 is 12.3. The number of benzene rings is 1. The molecule has 1 atom stereocenters. The van der Waals surface area contributed by atoms with Crippen molar-refractivity contribution in [3.8, 4) is 0 Å². The normalized spacial score (nSPS) is 18.3. The maximum Gasteiger partial charge on any atom is 0.0468 e. The van der Waals surface area contributed by atoms with Crippen molar-refractivity contribution in [2.45, 2.75) is 52.0 Å². The molecule has 1 saturated carbocycles. The van der Waals surface area contributed by atoms with Crippen LogP contribution < -0.4 is 5.32 Å². The van der Waals surface area contributed by atoms with Crippen molar-refractivity contribution in [1.29, 1.82) is 0 Å². The Bertz CT molecular complexity index is 427. The second kappa shape index (κ2) is 6.47. The second-order valence-corrected chi connectivity index (χ2v) is 6.60. The lowest BCUT2D eigenvalue weighted by molar-refractivity contribution is 0.384. The van der Waals surface area contributed by atoms with Gasteiger partial charge >= 0.3 is 0 Å². The molecule has 0 amide bonds. The van der Waals surface area contributed by atoms with Crippen molar-refractivity contribution in [3.63, 3.8) is 0 Å². The quantitative estimate of drug-likeness (QED) is 0.689. The highest BCUT2D eigenvalue weighted by Gasteiger charge is 2.41. The largest absolute Gasteiger partial charge is 0.309 e. The van der Waals surface area contributed by atoms with E-state index in [0.29, 0.717) is 16.5 Å². The van der Waals surface area contributed by atoms with E-state index in [0.717, 1.165) is 18.0 Å².